The first-order valence-corrected chi connectivity index (χ1v) is 9.13. The SMILES string of the molecule is COC(C)(C#Cc1cnc(N)nc1N)c1ccc(N=Nc2cccc(C(=O)O)c2)cc1. The highest BCUT2D eigenvalue weighted by molar-refractivity contribution is 5.88. The number of anilines is 2. The number of carbonyl (C=O) groups is 1. The van der Waals surface area contributed by atoms with E-state index in [2.05, 4.69) is 32.0 Å². The Bertz CT molecular complexity index is 1200. The number of aromatic carboxylic acids is 1. The Morgan fingerprint density at radius 2 is 1.84 bits per heavy atom. The molecule has 9 heteroatoms. The van der Waals surface area contributed by atoms with Gasteiger partial charge in [-0.3, -0.25) is 0 Å². The minimum absolute atomic E-state index is 0.0805. The molecule has 0 spiro atoms. The molecule has 0 amide bonds. The molecular formula is C22H20N6O3. The lowest BCUT2D eigenvalue weighted by atomic mass is 9.95. The zero-order valence-corrected chi connectivity index (χ0v) is 16.9. The molecule has 0 saturated heterocycles. The van der Waals surface area contributed by atoms with Crippen molar-refractivity contribution in [3.8, 4) is 11.8 Å². The molecule has 156 valence electrons. The number of rotatable bonds is 5. The van der Waals surface area contributed by atoms with Crippen LogP contribution in [0.25, 0.3) is 0 Å². The molecule has 0 radical (unpaired) electrons. The molecule has 1 unspecified atom stereocenters. The molecule has 3 aromatic rings. The zero-order valence-electron chi connectivity index (χ0n) is 16.9. The standard InChI is InChI=1S/C22H20N6O3/c1-22(31-2,11-10-15-13-25-21(24)26-19(15)23)16-6-8-17(9-7-16)27-28-18-5-3-4-14(12-18)20(29)30/h3-9,12-13H,1-2H3,(H,29,30)(H4,23,24,25,26). The number of carboxylic acid groups (broad SMARTS) is 1. The second kappa shape index (κ2) is 9.02. The lowest BCUT2D eigenvalue weighted by Gasteiger charge is -2.22. The Balaban J connectivity index is 1.81. The average Bonchev–Trinajstić information content (AvgIpc) is 2.77. The smallest absolute Gasteiger partial charge is 0.335 e. The quantitative estimate of drug-likeness (QED) is 0.424. The van der Waals surface area contributed by atoms with Gasteiger partial charge in [-0.15, -0.1) is 0 Å². The summed E-state index contributed by atoms with van der Waals surface area (Å²) in [5, 5.41) is 17.3. The third-order valence-corrected chi connectivity index (χ3v) is 4.47. The van der Waals surface area contributed by atoms with Crippen molar-refractivity contribution in [3.63, 3.8) is 0 Å². The van der Waals surface area contributed by atoms with E-state index in [4.69, 9.17) is 21.3 Å². The Morgan fingerprint density at radius 3 is 2.48 bits per heavy atom. The van der Waals surface area contributed by atoms with E-state index in [1.807, 2.05) is 19.1 Å². The Hall–Kier alpha value is -4.29. The summed E-state index contributed by atoms with van der Waals surface area (Å²) in [6, 6.07) is 13.4. The number of azo groups is 1. The molecule has 0 aliphatic carbocycles. The van der Waals surface area contributed by atoms with Gasteiger partial charge in [-0.2, -0.15) is 15.2 Å². The second-order valence-corrected chi connectivity index (χ2v) is 6.62. The van der Waals surface area contributed by atoms with Gasteiger partial charge >= 0.3 is 5.97 Å². The number of hydrogen-bond acceptors (Lipinski definition) is 8. The molecule has 1 heterocycles. The van der Waals surface area contributed by atoms with Gasteiger partial charge in [-0.25, -0.2) is 9.78 Å². The maximum atomic E-state index is 11.1. The molecule has 1 aromatic heterocycles. The molecule has 31 heavy (non-hydrogen) atoms. The summed E-state index contributed by atoms with van der Waals surface area (Å²) in [7, 11) is 1.56. The van der Waals surface area contributed by atoms with Crippen LogP contribution in [0.15, 0.2) is 65.0 Å². The molecule has 9 nitrogen and oxygen atoms in total. The van der Waals surface area contributed by atoms with E-state index in [0.29, 0.717) is 16.9 Å². The largest absolute Gasteiger partial charge is 0.478 e. The first-order valence-electron chi connectivity index (χ1n) is 9.13. The number of nitrogens with two attached hydrogens (primary N) is 2. The minimum atomic E-state index is -1.02. The summed E-state index contributed by atoms with van der Waals surface area (Å²) in [6.45, 7) is 1.82. The van der Waals surface area contributed by atoms with Crippen LogP contribution in [0.2, 0.25) is 0 Å². The van der Waals surface area contributed by atoms with E-state index in [0.717, 1.165) is 5.56 Å². The summed E-state index contributed by atoms with van der Waals surface area (Å²) in [5.74, 6) is 5.24. The van der Waals surface area contributed by atoms with Crippen molar-refractivity contribution in [1.82, 2.24) is 9.97 Å². The molecule has 1 atom stereocenters. The average molecular weight is 416 g/mol. The molecule has 0 saturated carbocycles. The maximum absolute atomic E-state index is 11.1. The van der Waals surface area contributed by atoms with Crippen molar-refractivity contribution < 1.29 is 14.6 Å². The van der Waals surface area contributed by atoms with Crippen LogP contribution in [0.1, 0.15) is 28.4 Å². The van der Waals surface area contributed by atoms with E-state index >= 15 is 0 Å². The number of nitrogen functional groups attached to an aromatic ring is 2. The van der Waals surface area contributed by atoms with Gasteiger partial charge < -0.3 is 21.3 Å². The van der Waals surface area contributed by atoms with E-state index in [1.165, 1.54) is 18.3 Å². The topological polar surface area (TPSA) is 149 Å². The molecular weight excluding hydrogens is 396 g/mol. The number of carboxylic acids is 1. The lowest BCUT2D eigenvalue weighted by molar-refractivity contribution is 0.0552. The summed E-state index contributed by atoms with van der Waals surface area (Å²) in [6.07, 6.45) is 1.46. The summed E-state index contributed by atoms with van der Waals surface area (Å²) in [4.78, 5) is 18.8. The van der Waals surface area contributed by atoms with Gasteiger partial charge in [0.25, 0.3) is 0 Å². The second-order valence-electron chi connectivity index (χ2n) is 6.62. The van der Waals surface area contributed by atoms with E-state index in [-0.39, 0.29) is 17.3 Å². The molecule has 0 aliphatic heterocycles. The van der Waals surface area contributed by atoms with Gasteiger partial charge in [-0.1, -0.05) is 30.0 Å². The number of nitrogens with zero attached hydrogens (tertiary/aromatic N) is 4. The highest BCUT2D eigenvalue weighted by Gasteiger charge is 2.23. The lowest BCUT2D eigenvalue weighted by Crippen LogP contribution is -2.22. The van der Waals surface area contributed by atoms with Gasteiger partial charge in [0.05, 0.1) is 28.7 Å². The molecule has 5 N–H and O–H groups in total. The zero-order chi connectivity index (χ0) is 22.4. The van der Waals surface area contributed by atoms with Crippen molar-refractivity contribution in [1.29, 1.82) is 0 Å². The van der Waals surface area contributed by atoms with Crippen LogP contribution in [0.4, 0.5) is 23.1 Å². The Labute approximate surface area is 178 Å². The first kappa shape index (κ1) is 21.4. The van der Waals surface area contributed by atoms with Crippen molar-refractivity contribution in [2.24, 2.45) is 10.2 Å². The normalized spacial score (nSPS) is 12.7. The van der Waals surface area contributed by atoms with Crippen LogP contribution in [-0.2, 0) is 10.3 Å². The number of ether oxygens (including phenoxy) is 1. The van der Waals surface area contributed by atoms with Crippen molar-refractivity contribution in [3.05, 3.63) is 71.4 Å². The highest BCUT2D eigenvalue weighted by Crippen LogP contribution is 2.27. The fourth-order valence-electron chi connectivity index (χ4n) is 2.60. The Kier molecular flexibility index (Phi) is 6.23. The van der Waals surface area contributed by atoms with Gasteiger partial charge in [0.15, 0.2) is 5.60 Å². The third-order valence-electron chi connectivity index (χ3n) is 4.47. The first-order chi connectivity index (χ1) is 14.8. The minimum Gasteiger partial charge on any atom is -0.478 e. The molecule has 0 bridgehead atoms. The van der Waals surface area contributed by atoms with E-state index in [9.17, 15) is 4.79 Å². The number of hydrogen-bond donors (Lipinski definition) is 3. The number of methoxy groups -OCH3 is 1. The van der Waals surface area contributed by atoms with Gasteiger partial charge in [0.1, 0.15) is 5.82 Å². The van der Waals surface area contributed by atoms with Crippen LogP contribution in [0.3, 0.4) is 0 Å². The number of benzene rings is 2. The molecule has 2 aromatic carbocycles. The summed E-state index contributed by atoms with van der Waals surface area (Å²) >= 11 is 0. The van der Waals surface area contributed by atoms with Crippen molar-refractivity contribution in [2.75, 3.05) is 18.6 Å². The maximum Gasteiger partial charge on any atom is 0.335 e. The van der Waals surface area contributed by atoms with Gasteiger partial charge in [0, 0.05) is 7.11 Å². The fraction of sp³-hybridized carbons (Fsp3) is 0.136. The summed E-state index contributed by atoms with van der Waals surface area (Å²) < 4.78 is 5.62. The van der Waals surface area contributed by atoms with E-state index in [1.54, 1.807) is 31.4 Å². The van der Waals surface area contributed by atoms with Crippen molar-refractivity contribution in [2.45, 2.75) is 12.5 Å². The Morgan fingerprint density at radius 1 is 1.13 bits per heavy atom. The predicted octanol–water partition coefficient (Wildman–Crippen LogP) is 3.67. The molecule has 0 aliphatic rings. The van der Waals surface area contributed by atoms with Crippen LogP contribution in [0.5, 0.6) is 0 Å². The highest BCUT2D eigenvalue weighted by atomic mass is 16.5. The number of aromatic nitrogens is 2. The molecule has 3 rings (SSSR count). The fourth-order valence-corrected chi connectivity index (χ4v) is 2.60. The molecule has 0 fully saturated rings. The van der Waals surface area contributed by atoms with Gasteiger partial charge in [-0.05, 0) is 42.8 Å². The van der Waals surface area contributed by atoms with Crippen LogP contribution >= 0.6 is 0 Å². The van der Waals surface area contributed by atoms with E-state index < -0.39 is 11.6 Å². The monoisotopic (exact) mass is 416 g/mol. The van der Waals surface area contributed by atoms with Crippen LogP contribution in [-0.4, -0.2) is 28.2 Å². The van der Waals surface area contributed by atoms with Crippen molar-refractivity contribution >= 4 is 29.1 Å². The predicted molar refractivity (Wildman–Crippen MR) is 116 cm³/mol. The van der Waals surface area contributed by atoms with Gasteiger partial charge in [0.2, 0.25) is 5.95 Å². The summed E-state index contributed by atoms with van der Waals surface area (Å²) in [5.41, 5.74) is 12.8. The third kappa shape index (κ3) is 5.20. The van der Waals surface area contributed by atoms with Crippen LogP contribution < -0.4 is 11.5 Å². The van der Waals surface area contributed by atoms with Crippen LogP contribution in [0, 0.1) is 11.8 Å².